The Hall–Kier alpha value is -2.56. The van der Waals surface area contributed by atoms with Gasteiger partial charge in [-0.25, -0.2) is 23.2 Å². The van der Waals surface area contributed by atoms with Crippen molar-refractivity contribution in [2.75, 3.05) is 19.6 Å². The average molecular weight is 495 g/mol. The molecule has 1 atom stereocenters. The number of hydrogen-bond donors (Lipinski definition) is 0. The van der Waals surface area contributed by atoms with Crippen LogP contribution in [0, 0.1) is 13.8 Å². The Labute approximate surface area is 198 Å². The van der Waals surface area contributed by atoms with Gasteiger partial charge in [0.1, 0.15) is 17.1 Å². The van der Waals surface area contributed by atoms with Crippen molar-refractivity contribution >= 4 is 33.5 Å². The van der Waals surface area contributed by atoms with E-state index in [1.54, 1.807) is 34.6 Å². The maximum absolute atomic E-state index is 13.4. The van der Waals surface area contributed by atoms with Crippen LogP contribution in [0.1, 0.15) is 53.1 Å². The summed E-state index contributed by atoms with van der Waals surface area (Å²) >= 11 is 5.88. The molecule has 1 aliphatic rings. The zero-order chi connectivity index (χ0) is 24.5. The quantitative estimate of drug-likeness (QED) is 0.588. The molecule has 3 rings (SSSR count). The third kappa shape index (κ3) is 5.34. The summed E-state index contributed by atoms with van der Waals surface area (Å²) in [6.45, 7) is 8.83. The largest absolute Gasteiger partial charge is 0.459 e. The van der Waals surface area contributed by atoms with Crippen LogP contribution in [0.5, 0.6) is 0 Å². The number of carbonyl (C=O) groups excluding carboxylic acids is 2. The first-order valence-electron chi connectivity index (χ1n) is 10.5. The zero-order valence-corrected chi connectivity index (χ0v) is 20.8. The van der Waals surface area contributed by atoms with Gasteiger partial charge in [0.2, 0.25) is 10.0 Å². The number of esters is 1. The first kappa shape index (κ1) is 25.1. The Kier molecular flexibility index (Phi) is 7.40. The molecule has 1 amide bonds. The molecular weight excluding hydrogens is 468 g/mol. The van der Waals surface area contributed by atoms with Crippen LogP contribution in [-0.4, -0.2) is 71.2 Å². The van der Waals surface area contributed by atoms with Crippen LogP contribution in [0.15, 0.2) is 29.2 Å². The van der Waals surface area contributed by atoms with Crippen molar-refractivity contribution in [1.82, 2.24) is 19.2 Å². The molecule has 9 nitrogen and oxygen atoms in total. The van der Waals surface area contributed by atoms with Crippen molar-refractivity contribution in [2.24, 2.45) is 0 Å². The van der Waals surface area contributed by atoms with Crippen LogP contribution in [-0.2, 0) is 14.8 Å². The van der Waals surface area contributed by atoms with Gasteiger partial charge in [-0.05, 0) is 58.9 Å². The van der Waals surface area contributed by atoms with Crippen molar-refractivity contribution in [3.63, 3.8) is 0 Å². The molecule has 1 fully saturated rings. The van der Waals surface area contributed by atoms with Crippen molar-refractivity contribution in [3.05, 3.63) is 52.1 Å². The molecule has 0 bridgehead atoms. The number of ether oxygens (including phenoxy) is 1. The molecule has 1 aromatic carbocycles. The summed E-state index contributed by atoms with van der Waals surface area (Å²) in [4.78, 5) is 36.1. The van der Waals surface area contributed by atoms with Crippen LogP contribution >= 0.6 is 11.6 Å². The van der Waals surface area contributed by atoms with Gasteiger partial charge < -0.3 is 9.64 Å². The summed E-state index contributed by atoms with van der Waals surface area (Å²) in [5.74, 6) is -0.772. The predicted octanol–water partition coefficient (Wildman–Crippen LogP) is 2.85. The third-order valence-electron chi connectivity index (χ3n) is 5.23. The lowest BCUT2D eigenvalue weighted by Crippen LogP contribution is -2.55. The normalized spacial score (nSPS) is 17.3. The number of amides is 1. The van der Waals surface area contributed by atoms with E-state index in [0.717, 1.165) is 0 Å². The SMILES string of the molecule is Cc1nc(C)c(C(=O)OC(C)C)c(C(=O)N2CCN(S(=O)(=O)c3ccc(Cl)cc3)C(C)C2)n1. The monoisotopic (exact) mass is 494 g/mol. The van der Waals surface area contributed by atoms with E-state index < -0.39 is 27.9 Å². The van der Waals surface area contributed by atoms with Gasteiger partial charge >= 0.3 is 5.97 Å². The fourth-order valence-corrected chi connectivity index (χ4v) is 5.50. The van der Waals surface area contributed by atoms with E-state index in [1.165, 1.54) is 33.5 Å². The molecule has 11 heteroatoms. The topological polar surface area (TPSA) is 110 Å². The van der Waals surface area contributed by atoms with Gasteiger partial charge in [0.05, 0.1) is 16.7 Å². The fourth-order valence-electron chi connectivity index (χ4n) is 3.76. The molecule has 1 saturated heterocycles. The van der Waals surface area contributed by atoms with Crippen molar-refractivity contribution in [2.45, 2.75) is 51.7 Å². The van der Waals surface area contributed by atoms with Gasteiger partial charge in [0.25, 0.3) is 5.91 Å². The molecule has 2 heterocycles. The van der Waals surface area contributed by atoms with Crippen molar-refractivity contribution in [3.8, 4) is 0 Å². The Morgan fingerprint density at radius 2 is 1.76 bits per heavy atom. The van der Waals surface area contributed by atoms with E-state index in [0.29, 0.717) is 16.5 Å². The summed E-state index contributed by atoms with van der Waals surface area (Å²) in [5, 5.41) is 0.444. The van der Waals surface area contributed by atoms with Gasteiger partial charge in [-0.2, -0.15) is 4.31 Å². The molecule has 33 heavy (non-hydrogen) atoms. The van der Waals surface area contributed by atoms with Crippen LogP contribution in [0.4, 0.5) is 0 Å². The fraction of sp³-hybridized carbons (Fsp3) is 0.455. The maximum Gasteiger partial charge on any atom is 0.342 e. The standard InChI is InChI=1S/C22H27ClN4O5S/c1-13(2)32-22(29)19-15(4)24-16(5)25-20(19)21(28)26-10-11-27(14(3)12-26)33(30,31)18-8-6-17(23)7-9-18/h6-9,13-14H,10-12H2,1-5H3. The molecule has 178 valence electrons. The van der Waals surface area contributed by atoms with Crippen LogP contribution in [0.3, 0.4) is 0 Å². The molecule has 0 aliphatic carbocycles. The lowest BCUT2D eigenvalue weighted by molar-refractivity contribution is 0.0368. The Morgan fingerprint density at radius 1 is 1.12 bits per heavy atom. The second-order valence-electron chi connectivity index (χ2n) is 8.20. The molecule has 0 N–H and O–H groups in total. The summed E-state index contributed by atoms with van der Waals surface area (Å²) in [6.07, 6.45) is -0.372. The van der Waals surface area contributed by atoms with Gasteiger partial charge in [0, 0.05) is 30.7 Å². The molecule has 0 radical (unpaired) electrons. The minimum atomic E-state index is -3.75. The van der Waals surface area contributed by atoms with E-state index in [1.807, 2.05) is 0 Å². The maximum atomic E-state index is 13.4. The van der Waals surface area contributed by atoms with Crippen LogP contribution in [0.25, 0.3) is 0 Å². The minimum Gasteiger partial charge on any atom is -0.459 e. The average Bonchev–Trinajstić information content (AvgIpc) is 2.72. The van der Waals surface area contributed by atoms with E-state index in [4.69, 9.17) is 16.3 Å². The van der Waals surface area contributed by atoms with E-state index in [9.17, 15) is 18.0 Å². The summed E-state index contributed by atoms with van der Waals surface area (Å²) < 4.78 is 32.8. The Morgan fingerprint density at radius 3 is 2.33 bits per heavy atom. The van der Waals surface area contributed by atoms with Crippen LogP contribution < -0.4 is 0 Å². The zero-order valence-electron chi connectivity index (χ0n) is 19.2. The molecular formula is C22H27ClN4O5S. The predicted molar refractivity (Wildman–Crippen MR) is 123 cm³/mol. The Balaban J connectivity index is 1.85. The number of nitrogens with zero attached hydrogens (tertiary/aromatic N) is 4. The van der Waals surface area contributed by atoms with Gasteiger partial charge in [-0.1, -0.05) is 11.6 Å². The minimum absolute atomic E-state index is 0.0307. The molecule has 2 aromatic rings. The van der Waals surface area contributed by atoms with E-state index in [-0.39, 0.29) is 41.9 Å². The lowest BCUT2D eigenvalue weighted by Gasteiger charge is -2.39. The highest BCUT2D eigenvalue weighted by atomic mass is 35.5. The highest BCUT2D eigenvalue weighted by Crippen LogP contribution is 2.24. The summed E-state index contributed by atoms with van der Waals surface area (Å²) in [6, 6.07) is 5.48. The summed E-state index contributed by atoms with van der Waals surface area (Å²) in [5.41, 5.74) is 0.350. The number of aryl methyl sites for hydroxylation is 2. The number of benzene rings is 1. The van der Waals surface area contributed by atoms with E-state index in [2.05, 4.69) is 9.97 Å². The Bertz CT molecular complexity index is 1170. The molecule has 1 aromatic heterocycles. The number of hydrogen-bond acceptors (Lipinski definition) is 7. The van der Waals surface area contributed by atoms with E-state index >= 15 is 0 Å². The highest BCUT2D eigenvalue weighted by molar-refractivity contribution is 7.89. The smallest absolute Gasteiger partial charge is 0.342 e. The van der Waals surface area contributed by atoms with Crippen molar-refractivity contribution in [1.29, 1.82) is 0 Å². The first-order chi connectivity index (χ1) is 15.4. The number of aromatic nitrogens is 2. The molecule has 1 unspecified atom stereocenters. The number of rotatable bonds is 5. The lowest BCUT2D eigenvalue weighted by atomic mass is 10.1. The van der Waals surface area contributed by atoms with Crippen molar-refractivity contribution < 1.29 is 22.7 Å². The second-order valence-corrected chi connectivity index (χ2v) is 10.5. The molecule has 1 aliphatic heterocycles. The first-order valence-corrected chi connectivity index (χ1v) is 12.4. The number of piperazine rings is 1. The number of halogens is 1. The number of carbonyl (C=O) groups is 2. The highest BCUT2D eigenvalue weighted by Gasteiger charge is 2.37. The van der Waals surface area contributed by atoms with Gasteiger partial charge in [0.15, 0.2) is 0 Å². The third-order valence-corrected chi connectivity index (χ3v) is 7.50. The summed E-state index contributed by atoms with van der Waals surface area (Å²) in [7, 11) is -3.75. The second kappa shape index (κ2) is 9.74. The van der Waals surface area contributed by atoms with Gasteiger partial charge in [-0.3, -0.25) is 4.79 Å². The van der Waals surface area contributed by atoms with Crippen LogP contribution in [0.2, 0.25) is 5.02 Å². The van der Waals surface area contributed by atoms with Gasteiger partial charge in [-0.15, -0.1) is 0 Å². The number of sulfonamides is 1. The molecule has 0 saturated carbocycles. The molecule has 0 spiro atoms.